The van der Waals surface area contributed by atoms with Gasteiger partial charge >= 0.3 is 0 Å². The molecule has 0 bridgehead atoms. The Bertz CT molecular complexity index is 864. The molecular formula is C19H24N2O3S. The van der Waals surface area contributed by atoms with Crippen molar-refractivity contribution in [2.75, 3.05) is 18.8 Å². The van der Waals surface area contributed by atoms with Crippen LogP contribution in [0.5, 0.6) is 0 Å². The molecule has 2 aromatic rings. The largest absolute Gasteiger partial charge is 0.352 e. The summed E-state index contributed by atoms with van der Waals surface area (Å²) < 4.78 is 25.5. The van der Waals surface area contributed by atoms with Gasteiger partial charge in [0.05, 0.1) is 11.7 Å². The number of nitrogens with one attached hydrogen (secondary N) is 1. The van der Waals surface area contributed by atoms with Gasteiger partial charge in [-0.3, -0.25) is 4.79 Å². The fourth-order valence-corrected chi connectivity index (χ4v) is 4.45. The molecule has 1 atom stereocenters. The Kier molecular flexibility index (Phi) is 5.39. The number of nitrogens with zero attached hydrogens (tertiary/aromatic N) is 1. The minimum Gasteiger partial charge on any atom is -0.352 e. The third-order valence-electron chi connectivity index (χ3n) is 4.79. The van der Waals surface area contributed by atoms with Gasteiger partial charge in [-0.1, -0.05) is 36.4 Å². The SMILES string of the molecule is CCS(=O)(=O)N1CCC[C@H](C(=O)NCc2ccc3ccccc3c2)C1. The van der Waals surface area contributed by atoms with E-state index in [0.717, 1.165) is 23.8 Å². The van der Waals surface area contributed by atoms with Crippen LogP contribution < -0.4 is 5.32 Å². The molecule has 1 aliphatic rings. The van der Waals surface area contributed by atoms with Crippen LogP contribution in [0.15, 0.2) is 42.5 Å². The van der Waals surface area contributed by atoms with E-state index < -0.39 is 10.0 Å². The molecule has 0 saturated carbocycles. The van der Waals surface area contributed by atoms with Gasteiger partial charge in [-0.2, -0.15) is 0 Å². The van der Waals surface area contributed by atoms with Gasteiger partial charge in [0.1, 0.15) is 0 Å². The van der Waals surface area contributed by atoms with Crippen LogP contribution in [0.3, 0.4) is 0 Å². The summed E-state index contributed by atoms with van der Waals surface area (Å²) in [6.45, 7) is 2.91. The molecule has 3 rings (SSSR count). The molecule has 1 fully saturated rings. The molecule has 25 heavy (non-hydrogen) atoms. The smallest absolute Gasteiger partial charge is 0.224 e. The van der Waals surface area contributed by atoms with Gasteiger partial charge < -0.3 is 5.32 Å². The van der Waals surface area contributed by atoms with E-state index in [9.17, 15) is 13.2 Å². The highest BCUT2D eigenvalue weighted by Crippen LogP contribution is 2.20. The monoisotopic (exact) mass is 360 g/mol. The number of piperidine rings is 1. The van der Waals surface area contributed by atoms with Crippen molar-refractivity contribution in [1.29, 1.82) is 0 Å². The maximum absolute atomic E-state index is 12.5. The fourth-order valence-electron chi connectivity index (χ4n) is 3.27. The predicted molar refractivity (Wildman–Crippen MR) is 99.6 cm³/mol. The number of sulfonamides is 1. The highest BCUT2D eigenvalue weighted by molar-refractivity contribution is 7.89. The maximum Gasteiger partial charge on any atom is 0.224 e. The lowest BCUT2D eigenvalue weighted by Gasteiger charge is -2.30. The number of hydrogen-bond acceptors (Lipinski definition) is 3. The van der Waals surface area contributed by atoms with E-state index in [0.29, 0.717) is 19.6 Å². The van der Waals surface area contributed by atoms with Gasteiger partial charge in [0, 0.05) is 19.6 Å². The van der Waals surface area contributed by atoms with E-state index in [1.807, 2.05) is 24.3 Å². The second-order valence-corrected chi connectivity index (χ2v) is 8.75. The minimum atomic E-state index is -3.23. The first kappa shape index (κ1) is 17.9. The number of benzene rings is 2. The lowest BCUT2D eigenvalue weighted by molar-refractivity contribution is -0.126. The second kappa shape index (κ2) is 7.54. The standard InChI is InChI=1S/C19H24N2O3S/c1-2-25(23,24)21-11-5-8-18(14-21)19(22)20-13-15-9-10-16-6-3-4-7-17(16)12-15/h3-4,6-7,9-10,12,18H,2,5,8,11,13-14H2,1H3,(H,20,22)/t18-/m0/s1. The van der Waals surface area contributed by atoms with Crippen LogP contribution in [0, 0.1) is 5.92 Å². The van der Waals surface area contributed by atoms with Crippen molar-refractivity contribution in [1.82, 2.24) is 9.62 Å². The average Bonchev–Trinajstić information content (AvgIpc) is 2.66. The zero-order chi connectivity index (χ0) is 17.9. The molecular weight excluding hydrogens is 336 g/mol. The second-order valence-electron chi connectivity index (χ2n) is 6.50. The zero-order valence-electron chi connectivity index (χ0n) is 14.4. The Morgan fingerprint density at radius 1 is 1.20 bits per heavy atom. The van der Waals surface area contributed by atoms with Gasteiger partial charge in [-0.25, -0.2) is 12.7 Å². The topological polar surface area (TPSA) is 66.5 Å². The summed E-state index contributed by atoms with van der Waals surface area (Å²) in [6.07, 6.45) is 1.46. The Balaban J connectivity index is 1.61. The highest BCUT2D eigenvalue weighted by atomic mass is 32.2. The van der Waals surface area contributed by atoms with Crippen LogP contribution in [0.4, 0.5) is 0 Å². The molecule has 0 unspecified atom stereocenters. The lowest BCUT2D eigenvalue weighted by Crippen LogP contribution is -2.45. The van der Waals surface area contributed by atoms with E-state index >= 15 is 0 Å². The third-order valence-corrected chi connectivity index (χ3v) is 6.64. The summed E-state index contributed by atoms with van der Waals surface area (Å²) in [6, 6.07) is 14.2. The number of amides is 1. The summed E-state index contributed by atoms with van der Waals surface area (Å²) >= 11 is 0. The number of hydrogen-bond donors (Lipinski definition) is 1. The van der Waals surface area contributed by atoms with Crippen LogP contribution in [0.2, 0.25) is 0 Å². The summed E-state index contributed by atoms with van der Waals surface area (Å²) in [4.78, 5) is 12.5. The maximum atomic E-state index is 12.5. The number of carbonyl (C=O) groups is 1. The Hall–Kier alpha value is -1.92. The van der Waals surface area contributed by atoms with Crippen LogP contribution >= 0.6 is 0 Å². The van der Waals surface area contributed by atoms with Crippen molar-refractivity contribution in [3.63, 3.8) is 0 Å². The summed E-state index contributed by atoms with van der Waals surface area (Å²) in [7, 11) is -3.23. The van der Waals surface area contributed by atoms with E-state index in [1.165, 1.54) is 9.69 Å². The Morgan fingerprint density at radius 3 is 2.72 bits per heavy atom. The molecule has 1 amide bonds. The number of rotatable bonds is 5. The first-order chi connectivity index (χ1) is 12.0. The quantitative estimate of drug-likeness (QED) is 0.891. The molecule has 1 heterocycles. The van der Waals surface area contributed by atoms with Crippen LogP contribution in [0.1, 0.15) is 25.3 Å². The number of carbonyl (C=O) groups excluding carboxylic acids is 1. The zero-order valence-corrected chi connectivity index (χ0v) is 15.3. The molecule has 1 saturated heterocycles. The predicted octanol–water partition coefficient (Wildman–Crippen LogP) is 2.52. The molecule has 5 nitrogen and oxygen atoms in total. The third kappa shape index (κ3) is 4.19. The molecule has 1 aliphatic heterocycles. The first-order valence-corrected chi connectivity index (χ1v) is 10.3. The summed E-state index contributed by atoms with van der Waals surface area (Å²) in [5.74, 6) is -0.252. The van der Waals surface area contributed by atoms with Gasteiger partial charge in [0.2, 0.25) is 15.9 Å². The Morgan fingerprint density at radius 2 is 1.96 bits per heavy atom. The van der Waals surface area contributed by atoms with Crippen LogP contribution in [-0.4, -0.2) is 37.5 Å². The minimum absolute atomic E-state index is 0.0656. The molecule has 0 spiro atoms. The average molecular weight is 360 g/mol. The van der Waals surface area contributed by atoms with Gasteiger partial charge in [0.15, 0.2) is 0 Å². The van der Waals surface area contributed by atoms with Crippen molar-refractivity contribution in [2.24, 2.45) is 5.92 Å². The lowest BCUT2D eigenvalue weighted by atomic mass is 9.98. The summed E-state index contributed by atoms with van der Waals surface area (Å²) in [5, 5.41) is 5.28. The summed E-state index contributed by atoms with van der Waals surface area (Å²) in [5.41, 5.74) is 1.04. The van der Waals surface area contributed by atoms with Crippen molar-refractivity contribution < 1.29 is 13.2 Å². The van der Waals surface area contributed by atoms with Gasteiger partial charge in [0.25, 0.3) is 0 Å². The molecule has 0 radical (unpaired) electrons. The molecule has 134 valence electrons. The van der Waals surface area contributed by atoms with Crippen LogP contribution in [-0.2, 0) is 21.4 Å². The van der Waals surface area contributed by atoms with E-state index in [1.54, 1.807) is 6.92 Å². The van der Waals surface area contributed by atoms with Crippen molar-refractivity contribution >= 4 is 26.7 Å². The molecule has 1 N–H and O–H groups in total. The normalized spacial score (nSPS) is 19.0. The number of fused-ring (bicyclic) bond motifs is 1. The Labute approximate surface area is 149 Å². The first-order valence-electron chi connectivity index (χ1n) is 8.73. The van der Waals surface area contributed by atoms with Crippen molar-refractivity contribution in [3.8, 4) is 0 Å². The molecule has 0 aliphatic carbocycles. The van der Waals surface area contributed by atoms with Gasteiger partial charge in [-0.15, -0.1) is 0 Å². The molecule has 6 heteroatoms. The fraction of sp³-hybridized carbons (Fsp3) is 0.421. The van der Waals surface area contributed by atoms with Crippen molar-refractivity contribution in [2.45, 2.75) is 26.3 Å². The van der Waals surface area contributed by atoms with E-state index in [2.05, 4.69) is 23.5 Å². The molecule has 2 aromatic carbocycles. The van der Waals surface area contributed by atoms with Gasteiger partial charge in [-0.05, 0) is 42.2 Å². The van der Waals surface area contributed by atoms with E-state index in [-0.39, 0.29) is 17.6 Å². The van der Waals surface area contributed by atoms with Crippen molar-refractivity contribution in [3.05, 3.63) is 48.0 Å². The van der Waals surface area contributed by atoms with E-state index in [4.69, 9.17) is 0 Å². The molecule has 0 aromatic heterocycles. The highest BCUT2D eigenvalue weighted by Gasteiger charge is 2.31. The van der Waals surface area contributed by atoms with Crippen LogP contribution in [0.25, 0.3) is 10.8 Å².